The summed E-state index contributed by atoms with van der Waals surface area (Å²) in [5, 5.41) is 0.951. The highest BCUT2D eigenvalue weighted by Crippen LogP contribution is 2.58. The Morgan fingerprint density at radius 2 is 1.45 bits per heavy atom. The molecule has 12 heteroatoms. The van der Waals surface area contributed by atoms with Crippen LogP contribution in [0.1, 0.15) is 106 Å². The van der Waals surface area contributed by atoms with E-state index in [9.17, 15) is 24.0 Å². The molecule has 1 saturated heterocycles. The minimum Gasteiger partial charge on any atom is -0.496 e. The Morgan fingerprint density at radius 1 is 0.818 bits per heavy atom. The Bertz CT molecular complexity index is 1840. The van der Waals surface area contributed by atoms with Crippen molar-refractivity contribution in [3.63, 3.8) is 0 Å². The van der Waals surface area contributed by atoms with Crippen molar-refractivity contribution >= 4 is 47.1 Å². The van der Waals surface area contributed by atoms with Crippen molar-refractivity contribution in [3.8, 4) is 5.75 Å². The van der Waals surface area contributed by atoms with Crippen molar-refractivity contribution < 1.29 is 47.8 Å². The van der Waals surface area contributed by atoms with Gasteiger partial charge in [-0.2, -0.15) is 0 Å². The number of amides is 2. The van der Waals surface area contributed by atoms with Crippen LogP contribution in [-0.4, -0.2) is 60.7 Å². The summed E-state index contributed by atoms with van der Waals surface area (Å²) in [6.45, 7) is 7.12. The van der Waals surface area contributed by atoms with Crippen LogP contribution in [0.3, 0.4) is 0 Å². The molecule has 8 rings (SSSR count). The van der Waals surface area contributed by atoms with E-state index in [-0.39, 0.29) is 48.7 Å². The first-order chi connectivity index (χ1) is 26.3. The molecule has 2 aromatic carbocycles. The minimum absolute atomic E-state index is 0.0157. The smallest absolute Gasteiger partial charge is 0.363 e. The van der Waals surface area contributed by atoms with Crippen LogP contribution in [0.2, 0.25) is 5.02 Å². The van der Waals surface area contributed by atoms with Gasteiger partial charge in [0.2, 0.25) is 0 Å². The number of hydrogen-bond donors (Lipinski definition) is 0. The number of nitrogens with zero attached hydrogens (tertiary/aromatic N) is 1. The molecule has 5 saturated carbocycles. The van der Waals surface area contributed by atoms with E-state index >= 15 is 0 Å². The average molecular weight is 776 g/mol. The number of hydrogen-bond acceptors (Lipinski definition) is 10. The number of carbonyl (C=O) groups excluding carboxylic acids is 5. The van der Waals surface area contributed by atoms with Gasteiger partial charge in [-0.25, -0.2) is 4.79 Å². The molecule has 6 fully saturated rings. The number of methoxy groups -OCH3 is 1. The molecule has 4 bridgehead atoms. The van der Waals surface area contributed by atoms with Crippen LogP contribution in [0.5, 0.6) is 5.75 Å². The highest BCUT2D eigenvalue weighted by atomic mass is 35.5. The van der Waals surface area contributed by atoms with Crippen molar-refractivity contribution in [3.05, 3.63) is 69.2 Å². The maximum atomic E-state index is 12.8. The van der Waals surface area contributed by atoms with Crippen LogP contribution >= 0.6 is 11.6 Å². The summed E-state index contributed by atoms with van der Waals surface area (Å²) >= 11 is 7.37. The number of rotatable bonds is 11. The lowest BCUT2D eigenvalue weighted by atomic mass is 9.54. The van der Waals surface area contributed by atoms with E-state index in [0.29, 0.717) is 40.5 Å². The molecule has 11 nitrogen and oxygen atoms in total. The van der Waals surface area contributed by atoms with Crippen LogP contribution in [0.15, 0.2) is 42.0 Å². The summed E-state index contributed by atoms with van der Waals surface area (Å²) in [4.78, 5) is 66.0. The number of benzene rings is 2. The maximum Gasteiger partial charge on any atom is 0.363 e. The molecule has 0 radical (unpaired) electrons. The van der Waals surface area contributed by atoms with Crippen LogP contribution in [-0.2, 0) is 44.6 Å². The zero-order valence-corrected chi connectivity index (χ0v) is 32.9. The molecule has 1 heterocycles. The quantitative estimate of drug-likeness (QED) is 0.128. The van der Waals surface area contributed by atoms with Crippen LogP contribution in [0, 0.1) is 41.4 Å². The topological polar surface area (TPSA) is 135 Å². The molecule has 6 aliphatic rings. The Kier molecular flexibility index (Phi) is 11.3. The third-order valence-corrected chi connectivity index (χ3v) is 13.1. The third kappa shape index (κ3) is 8.13. The lowest BCUT2D eigenvalue weighted by Crippen LogP contribution is -2.50. The Balaban J connectivity index is 1.23. The predicted molar refractivity (Wildman–Crippen MR) is 201 cm³/mol. The first kappa shape index (κ1) is 38.9. The zero-order valence-electron chi connectivity index (χ0n) is 32.1. The highest BCUT2D eigenvalue weighted by molar-refractivity contribution is 6.33. The number of hydroxylamine groups is 2. The summed E-state index contributed by atoms with van der Waals surface area (Å²) in [6, 6.07) is 10.8. The number of carbonyl (C=O) groups is 5. The van der Waals surface area contributed by atoms with Gasteiger partial charge < -0.3 is 23.8 Å². The van der Waals surface area contributed by atoms with Crippen LogP contribution in [0.25, 0.3) is 5.76 Å². The van der Waals surface area contributed by atoms with Gasteiger partial charge in [0, 0.05) is 32.3 Å². The largest absolute Gasteiger partial charge is 0.496 e. The monoisotopic (exact) mass is 775 g/mol. The molecular formula is C43H50ClNO10. The normalized spacial score (nSPS) is 29.6. The lowest BCUT2D eigenvalue weighted by Gasteiger charge is -2.51. The standard InChI is InChI=1S/C43H50ClNO10/c1-22-23(2)41(53-25(4)47)36(20-33(22)21-52-24(3)46)54-35-19-29(12-26-6-8-30(9-7-26)43(50)55-45-37(48)10-11-38(45)49)18-34(40(35)44)42(51-5)39-31-14-27-13-28(16-31)17-32(39)15-27/h6-9,18-19,22-23,27-28,31-33,36,41H,10-17,20-21H2,1-5H3/t22-,23+,27?,28?,31?,32?,33?,36-,41?/m1/s1. The van der Waals surface area contributed by atoms with Gasteiger partial charge in [-0.05, 0) is 127 Å². The summed E-state index contributed by atoms with van der Waals surface area (Å²) in [5.41, 5.74) is 4.05. The van der Waals surface area contributed by atoms with Gasteiger partial charge in [0.1, 0.15) is 23.7 Å². The van der Waals surface area contributed by atoms with Gasteiger partial charge in [-0.3, -0.25) is 19.2 Å². The predicted octanol–water partition coefficient (Wildman–Crippen LogP) is 7.50. The molecule has 1 aliphatic heterocycles. The minimum atomic E-state index is -0.794. The Hall–Kier alpha value is -4.38. The fourth-order valence-electron chi connectivity index (χ4n) is 10.1. The van der Waals surface area contributed by atoms with E-state index in [0.717, 1.165) is 60.0 Å². The number of allylic oxidation sites excluding steroid dienone is 1. The molecule has 2 aromatic rings. The second kappa shape index (κ2) is 16.0. The van der Waals surface area contributed by atoms with Crippen molar-refractivity contribution in [1.82, 2.24) is 5.06 Å². The van der Waals surface area contributed by atoms with Crippen molar-refractivity contribution in [2.45, 2.75) is 97.7 Å². The fraction of sp³-hybridized carbons (Fsp3) is 0.558. The molecule has 5 aliphatic carbocycles. The number of imide groups is 1. The van der Waals surface area contributed by atoms with Gasteiger partial charge >= 0.3 is 17.9 Å². The van der Waals surface area contributed by atoms with Gasteiger partial charge in [-0.15, -0.1) is 5.06 Å². The molecule has 0 N–H and O–H groups in total. The third-order valence-electron chi connectivity index (χ3n) is 12.7. The van der Waals surface area contributed by atoms with E-state index in [4.69, 9.17) is 35.4 Å². The molecule has 0 aromatic heterocycles. The number of esters is 2. The van der Waals surface area contributed by atoms with Crippen LogP contribution in [0.4, 0.5) is 0 Å². The first-order valence-electron chi connectivity index (χ1n) is 19.5. The summed E-state index contributed by atoms with van der Waals surface area (Å²) in [6.07, 6.45) is 5.79. The van der Waals surface area contributed by atoms with E-state index in [1.165, 1.54) is 25.8 Å². The van der Waals surface area contributed by atoms with Crippen LogP contribution < -0.4 is 4.74 Å². The van der Waals surface area contributed by atoms with Gasteiger partial charge in [-0.1, -0.05) is 37.6 Å². The Morgan fingerprint density at radius 3 is 2.04 bits per heavy atom. The van der Waals surface area contributed by atoms with E-state index in [1.54, 1.807) is 31.4 Å². The van der Waals surface area contributed by atoms with E-state index in [1.807, 2.05) is 13.0 Å². The summed E-state index contributed by atoms with van der Waals surface area (Å²) in [7, 11) is 1.71. The van der Waals surface area contributed by atoms with E-state index in [2.05, 4.69) is 13.0 Å². The van der Waals surface area contributed by atoms with Crippen molar-refractivity contribution in [2.24, 2.45) is 41.4 Å². The van der Waals surface area contributed by atoms with E-state index < -0.39 is 36.0 Å². The SMILES string of the molecule is COC(=C1C2CC3CC(C2)CC1C3)c1cc(Cc2ccc(C(=O)ON3C(=O)CCC3=O)cc2)cc(O[C@@H]2CC(COC(C)=O)[C@H](C)[C@H](C)C2OC(C)=O)c1Cl. The van der Waals surface area contributed by atoms with Gasteiger partial charge in [0.05, 0.1) is 24.3 Å². The summed E-state index contributed by atoms with van der Waals surface area (Å²) in [5.74, 6) is 0.964. The molecular weight excluding hydrogens is 726 g/mol. The molecule has 2 amide bonds. The molecule has 55 heavy (non-hydrogen) atoms. The number of halogens is 1. The van der Waals surface area contributed by atoms with Gasteiger partial charge in [0.25, 0.3) is 11.8 Å². The van der Waals surface area contributed by atoms with Crippen molar-refractivity contribution in [1.29, 1.82) is 0 Å². The zero-order chi connectivity index (χ0) is 39.1. The molecule has 294 valence electrons. The lowest BCUT2D eigenvalue weighted by molar-refractivity contribution is -0.172. The Labute approximate surface area is 326 Å². The van der Waals surface area contributed by atoms with Gasteiger partial charge in [0.15, 0.2) is 0 Å². The number of ether oxygens (including phenoxy) is 4. The molecule has 2 unspecified atom stereocenters. The molecule has 5 atom stereocenters. The first-order valence-corrected chi connectivity index (χ1v) is 19.9. The maximum absolute atomic E-state index is 12.8. The highest BCUT2D eigenvalue weighted by Gasteiger charge is 2.48. The average Bonchev–Trinajstić information content (AvgIpc) is 3.45. The fourth-order valence-corrected chi connectivity index (χ4v) is 10.3. The second-order valence-corrected chi connectivity index (χ2v) is 16.7. The summed E-state index contributed by atoms with van der Waals surface area (Å²) < 4.78 is 24.5. The van der Waals surface area contributed by atoms with Crippen molar-refractivity contribution in [2.75, 3.05) is 13.7 Å². The second-order valence-electron chi connectivity index (χ2n) is 16.3. The molecule has 0 spiro atoms.